The Morgan fingerprint density at radius 2 is 2.05 bits per heavy atom. The van der Waals surface area contributed by atoms with E-state index in [-0.39, 0.29) is 12.1 Å². The van der Waals surface area contributed by atoms with Gasteiger partial charge in [-0.1, -0.05) is 0 Å². The Kier molecular flexibility index (Phi) is 6.61. The molecule has 1 aromatic rings. The van der Waals surface area contributed by atoms with Crippen LogP contribution in [0.2, 0.25) is 0 Å². The van der Waals surface area contributed by atoms with Crippen molar-refractivity contribution in [2.75, 3.05) is 20.2 Å². The summed E-state index contributed by atoms with van der Waals surface area (Å²) in [4.78, 5) is 7.78. The quantitative estimate of drug-likeness (QED) is 0.618. The minimum atomic E-state index is -4.41. The van der Waals surface area contributed by atoms with E-state index in [1.165, 1.54) is 0 Å². The molecule has 1 rings (SSSR count). The Balaban J connectivity index is 2.67. The molecule has 0 saturated carbocycles. The van der Waals surface area contributed by atoms with Crippen LogP contribution in [0.5, 0.6) is 0 Å². The van der Waals surface area contributed by atoms with E-state index in [0.29, 0.717) is 24.1 Å². The minimum absolute atomic E-state index is 0.0868. The number of hydrogen-bond acceptors (Lipinski definition) is 4. The second-order valence-corrected chi connectivity index (χ2v) is 6.08. The molecule has 0 unspecified atom stereocenters. The normalized spacial score (nSPS) is 13.3. The molecule has 0 aromatic carbocycles. The lowest BCUT2D eigenvalue weighted by Crippen LogP contribution is -2.45. The summed E-state index contributed by atoms with van der Waals surface area (Å²) in [7, 11) is 1.61. The third-order valence-corrected chi connectivity index (χ3v) is 3.63. The van der Waals surface area contributed by atoms with Crippen LogP contribution in [-0.4, -0.2) is 36.7 Å². The first-order valence-electron chi connectivity index (χ1n) is 6.77. The molecular weight excluding hydrogens is 317 g/mol. The molecule has 0 saturated heterocycles. The number of rotatable bonds is 6. The van der Waals surface area contributed by atoms with Gasteiger partial charge in [-0.3, -0.25) is 0 Å². The van der Waals surface area contributed by atoms with Gasteiger partial charge in [0.1, 0.15) is 5.01 Å². The molecule has 0 bridgehead atoms. The number of nitrogens with one attached hydrogen (secondary N) is 2. The highest BCUT2D eigenvalue weighted by molar-refractivity contribution is 7.09. The first-order valence-corrected chi connectivity index (χ1v) is 7.65. The van der Waals surface area contributed by atoms with Gasteiger partial charge in [-0.25, -0.2) is 9.98 Å². The zero-order valence-corrected chi connectivity index (χ0v) is 13.9. The van der Waals surface area contributed by atoms with Crippen LogP contribution in [0.1, 0.15) is 31.5 Å². The van der Waals surface area contributed by atoms with Gasteiger partial charge in [-0.15, -0.1) is 11.3 Å². The smallest absolute Gasteiger partial charge is 0.377 e. The molecule has 0 aliphatic rings. The molecule has 1 heterocycles. The lowest BCUT2D eigenvalue weighted by atomic mass is 10.1. The van der Waals surface area contributed by atoms with Crippen molar-refractivity contribution in [1.82, 2.24) is 15.6 Å². The Morgan fingerprint density at radius 3 is 2.55 bits per heavy atom. The standard InChI is InChI=1S/C13H21F3N4OS/c1-5-17-11(19-8-12(2,3)21-4)18-6-10-20-9(7-22-10)13(14,15)16/h7H,5-6,8H2,1-4H3,(H2,17,18,19). The van der Waals surface area contributed by atoms with Crippen LogP contribution in [0.4, 0.5) is 13.2 Å². The van der Waals surface area contributed by atoms with E-state index in [2.05, 4.69) is 20.6 Å². The summed E-state index contributed by atoms with van der Waals surface area (Å²) in [6.07, 6.45) is -4.41. The Labute approximate surface area is 132 Å². The maximum absolute atomic E-state index is 12.5. The molecule has 0 atom stereocenters. The summed E-state index contributed by atoms with van der Waals surface area (Å²) < 4.78 is 42.7. The van der Waals surface area contributed by atoms with Crippen molar-refractivity contribution < 1.29 is 17.9 Å². The molecule has 0 aliphatic heterocycles. The fourth-order valence-corrected chi connectivity index (χ4v) is 2.10. The molecule has 0 fully saturated rings. The van der Waals surface area contributed by atoms with Gasteiger partial charge in [-0.2, -0.15) is 13.2 Å². The van der Waals surface area contributed by atoms with E-state index in [4.69, 9.17) is 4.74 Å². The number of nitrogens with zero attached hydrogens (tertiary/aromatic N) is 2. The van der Waals surface area contributed by atoms with E-state index in [0.717, 1.165) is 16.7 Å². The van der Waals surface area contributed by atoms with E-state index in [9.17, 15) is 13.2 Å². The first kappa shape index (κ1) is 18.7. The zero-order valence-electron chi connectivity index (χ0n) is 13.0. The molecule has 22 heavy (non-hydrogen) atoms. The van der Waals surface area contributed by atoms with E-state index >= 15 is 0 Å². The van der Waals surface area contributed by atoms with Crippen LogP contribution in [-0.2, 0) is 17.5 Å². The highest BCUT2D eigenvalue weighted by Gasteiger charge is 2.33. The van der Waals surface area contributed by atoms with Crippen molar-refractivity contribution in [2.45, 2.75) is 39.1 Å². The molecule has 0 aliphatic carbocycles. The third kappa shape index (κ3) is 6.18. The summed E-state index contributed by atoms with van der Waals surface area (Å²) in [5, 5.41) is 7.43. The molecule has 2 N–H and O–H groups in total. The van der Waals surface area contributed by atoms with Gasteiger partial charge in [0.2, 0.25) is 0 Å². The second kappa shape index (κ2) is 7.77. The van der Waals surface area contributed by atoms with Crippen molar-refractivity contribution in [3.63, 3.8) is 0 Å². The fraction of sp³-hybridized carbons (Fsp3) is 0.692. The van der Waals surface area contributed by atoms with Crippen molar-refractivity contribution in [3.05, 3.63) is 16.1 Å². The fourth-order valence-electron chi connectivity index (χ4n) is 1.37. The van der Waals surface area contributed by atoms with E-state index in [1.807, 2.05) is 20.8 Å². The van der Waals surface area contributed by atoms with Gasteiger partial charge in [-0.05, 0) is 20.8 Å². The molecule has 126 valence electrons. The van der Waals surface area contributed by atoms with Crippen LogP contribution in [0.25, 0.3) is 0 Å². The first-order chi connectivity index (χ1) is 10.2. The maximum atomic E-state index is 12.5. The van der Waals surface area contributed by atoms with Crippen molar-refractivity contribution in [2.24, 2.45) is 4.99 Å². The van der Waals surface area contributed by atoms with Gasteiger partial charge < -0.3 is 15.4 Å². The number of alkyl halides is 3. The van der Waals surface area contributed by atoms with Crippen LogP contribution in [0.15, 0.2) is 10.4 Å². The molecule has 5 nitrogen and oxygen atoms in total. The number of methoxy groups -OCH3 is 1. The molecule has 0 spiro atoms. The lowest BCUT2D eigenvalue weighted by Gasteiger charge is -2.24. The highest BCUT2D eigenvalue weighted by Crippen LogP contribution is 2.30. The summed E-state index contributed by atoms with van der Waals surface area (Å²) in [6.45, 7) is 6.99. The molecular formula is C13H21F3N4OS. The number of halogens is 3. The lowest BCUT2D eigenvalue weighted by molar-refractivity contribution is -0.140. The van der Waals surface area contributed by atoms with Crippen LogP contribution in [0.3, 0.4) is 0 Å². The van der Waals surface area contributed by atoms with Crippen LogP contribution >= 0.6 is 11.3 Å². The van der Waals surface area contributed by atoms with Crippen molar-refractivity contribution >= 4 is 17.3 Å². The number of hydrogen-bond donors (Lipinski definition) is 2. The third-order valence-electron chi connectivity index (χ3n) is 2.79. The monoisotopic (exact) mass is 338 g/mol. The van der Waals surface area contributed by atoms with E-state index < -0.39 is 11.9 Å². The van der Waals surface area contributed by atoms with Crippen LogP contribution < -0.4 is 10.6 Å². The maximum Gasteiger partial charge on any atom is 0.434 e. The van der Waals surface area contributed by atoms with Gasteiger partial charge in [0, 0.05) is 25.6 Å². The Bertz CT molecular complexity index is 500. The van der Waals surface area contributed by atoms with Crippen molar-refractivity contribution in [1.29, 1.82) is 0 Å². The van der Waals surface area contributed by atoms with Gasteiger partial charge in [0.25, 0.3) is 0 Å². The highest BCUT2D eigenvalue weighted by atomic mass is 32.1. The molecule has 0 radical (unpaired) electrons. The second-order valence-electron chi connectivity index (χ2n) is 5.14. The predicted octanol–water partition coefficient (Wildman–Crippen LogP) is 2.64. The van der Waals surface area contributed by atoms with Gasteiger partial charge in [0.15, 0.2) is 11.7 Å². The predicted molar refractivity (Wildman–Crippen MR) is 81.0 cm³/mol. The molecule has 0 amide bonds. The number of aliphatic imine (C=N–C) groups is 1. The average Bonchev–Trinajstić information content (AvgIpc) is 2.91. The van der Waals surface area contributed by atoms with E-state index in [1.54, 1.807) is 7.11 Å². The summed E-state index contributed by atoms with van der Waals surface area (Å²) >= 11 is 0.946. The van der Waals surface area contributed by atoms with Crippen molar-refractivity contribution in [3.8, 4) is 0 Å². The number of guanidine groups is 1. The number of ether oxygens (including phenoxy) is 1. The summed E-state index contributed by atoms with van der Waals surface area (Å²) in [6, 6.07) is 0. The molecule has 1 aromatic heterocycles. The van der Waals surface area contributed by atoms with Crippen LogP contribution in [0, 0.1) is 0 Å². The molecule has 9 heteroatoms. The Hall–Kier alpha value is -1.35. The number of thiazole rings is 1. The summed E-state index contributed by atoms with van der Waals surface area (Å²) in [5.41, 5.74) is -1.25. The van der Waals surface area contributed by atoms with Gasteiger partial charge in [0.05, 0.1) is 12.1 Å². The topological polar surface area (TPSA) is 58.5 Å². The van der Waals surface area contributed by atoms with Gasteiger partial charge >= 0.3 is 6.18 Å². The Morgan fingerprint density at radius 1 is 1.36 bits per heavy atom. The largest absolute Gasteiger partial charge is 0.434 e. The zero-order chi connectivity index (χ0) is 16.8. The average molecular weight is 338 g/mol. The minimum Gasteiger partial charge on any atom is -0.377 e. The summed E-state index contributed by atoms with van der Waals surface area (Å²) in [5.74, 6) is 0.511. The number of aromatic nitrogens is 1. The SMILES string of the molecule is CCNC(=NCc1nc(C(F)(F)F)cs1)NCC(C)(C)OC.